The van der Waals surface area contributed by atoms with Crippen molar-refractivity contribution in [2.45, 2.75) is 19.0 Å². The maximum absolute atomic E-state index is 13.3. The van der Waals surface area contributed by atoms with Crippen LogP contribution in [0.25, 0.3) is 0 Å². The average molecular weight is 516 g/mol. The van der Waals surface area contributed by atoms with Gasteiger partial charge in [-0.05, 0) is 47.5 Å². The van der Waals surface area contributed by atoms with E-state index in [0.29, 0.717) is 17.2 Å². The van der Waals surface area contributed by atoms with Crippen LogP contribution in [0.15, 0.2) is 83.3 Å². The minimum absolute atomic E-state index is 0.194. The number of ether oxygens (including phenoxy) is 1. The second-order valence-corrected chi connectivity index (χ2v) is 8.56. The maximum Gasteiger partial charge on any atom is 0.261 e. The zero-order valence-corrected chi connectivity index (χ0v) is 20.0. The topological polar surface area (TPSA) is 58.6 Å². The number of nitrogens with zero attached hydrogens (tertiary/aromatic N) is 1. The quantitative estimate of drug-likeness (QED) is 0.442. The van der Waals surface area contributed by atoms with E-state index in [-0.39, 0.29) is 25.0 Å². The first-order valence-corrected chi connectivity index (χ1v) is 11.3. The highest BCUT2D eigenvalue weighted by molar-refractivity contribution is 9.10. The fourth-order valence-electron chi connectivity index (χ4n) is 3.27. The highest BCUT2D eigenvalue weighted by Gasteiger charge is 2.30. The molecule has 0 unspecified atom stereocenters. The number of nitrogens with one attached hydrogen (secondary N) is 1. The summed E-state index contributed by atoms with van der Waals surface area (Å²) in [6.07, 6.45) is 0.393. The molecular weight excluding hydrogens is 492 g/mol. The van der Waals surface area contributed by atoms with Crippen molar-refractivity contribution in [1.82, 2.24) is 10.2 Å². The van der Waals surface area contributed by atoms with E-state index in [9.17, 15) is 9.59 Å². The molecule has 0 bridgehead atoms. The molecule has 5 nitrogen and oxygen atoms in total. The lowest BCUT2D eigenvalue weighted by Gasteiger charge is -2.31. The Morgan fingerprint density at radius 3 is 2.25 bits per heavy atom. The summed E-state index contributed by atoms with van der Waals surface area (Å²) in [5.41, 5.74) is 1.88. The van der Waals surface area contributed by atoms with Crippen molar-refractivity contribution in [2.75, 3.05) is 13.7 Å². The Hall–Kier alpha value is -2.83. The number of halogens is 2. The van der Waals surface area contributed by atoms with Crippen molar-refractivity contribution in [3.63, 3.8) is 0 Å². The van der Waals surface area contributed by atoms with E-state index < -0.39 is 6.04 Å². The number of carbonyl (C=O) groups is 2. The molecule has 3 rings (SSSR count). The summed E-state index contributed by atoms with van der Waals surface area (Å²) >= 11 is 9.35. The van der Waals surface area contributed by atoms with E-state index in [1.165, 1.54) is 0 Å². The third-order valence-corrected chi connectivity index (χ3v) is 5.74. The van der Waals surface area contributed by atoms with Crippen LogP contribution in [-0.2, 0) is 22.6 Å². The lowest BCUT2D eigenvalue weighted by atomic mass is 10.0. The first kappa shape index (κ1) is 23.8. The Kier molecular flexibility index (Phi) is 8.71. The minimum Gasteiger partial charge on any atom is -0.484 e. The van der Waals surface area contributed by atoms with Gasteiger partial charge in [-0.1, -0.05) is 70.0 Å². The van der Waals surface area contributed by atoms with E-state index in [4.69, 9.17) is 16.3 Å². The van der Waals surface area contributed by atoms with Crippen LogP contribution in [0.1, 0.15) is 11.1 Å². The van der Waals surface area contributed by atoms with Gasteiger partial charge in [-0.25, -0.2) is 0 Å². The fourth-order valence-corrected chi connectivity index (χ4v) is 3.66. The summed E-state index contributed by atoms with van der Waals surface area (Å²) < 4.78 is 6.63. The molecule has 0 aliphatic rings. The predicted octanol–water partition coefficient (Wildman–Crippen LogP) is 4.87. The molecule has 0 aromatic heterocycles. The Bertz CT molecular complexity index is 1030. The molecule has 0 spiro atoms. The number of carbonyl (C=O) groups excluding carboxylic acids is 2. The van der Waals surface area contributed by atoms with Crippen molar-refractivity contribution in [3.05, 3.63) is 99.5 Å². The summed E-state index contributed by atoms with van der Waals surface area (Å²) in [6, 6.07) is 23.4. The van der Waals surface area contributed by atoms with Gasteiger partial charge in [0.05, 0.1) is 0 Å². The van der Waals surface area contributed by atoms with Gasteiger partial charge < -0.3 is 15.0 Å². The first-order valence-electron chi connectivity index (χ1n) is 10.1. The van der Waals surface area contributed by atoms with Crippen molar-refractivity contribution in [2.24, 2.45) is 0 Å². The summed E-state index contributed by atoms with van der Waals surface area (Å²) in [5.74, 6) is 0.0177. The van der Waals surface area contributed by atoms with E-state index >= 15 is 0 Å². The Balaban J connectivity index is 1.85. The van der Waals surface area contributed by atoms with Crippen LogP contribution in [0.4, 0.5) is 0 Å². The summed E-state index contributed by atoms with van der Waals surface area (Å²) in [7, 11) is 1.58. The normalized spacial score (nSPS) is 11.5. The van der Waals surface area contributed by atoms with Gasteiger partial charge >= 0.3 is 0 Å². The average Bonchev–Trinajstić information content (AvgIpc) is 2.82. The molecule has 0 fully saturated rings. The molecule has 3 aromatic rings. The maximum atomic E-state index is 13.3. The summed E-state index contributed by atoms with van der Waals surface area (Å²) in [4.78, 5) is 27.7. The van der Waals surface area contributed by atoms with E-state index in [1.54, 1.807) is 36.2 Å². The number of hydrogen-bond donors (Lipinski definition) is 1. The number of hydrogen-bond acceptors (Lipinski definition) is 3. The molecular formula is C25H24BrClN2O3. The van der Waals surface area contributed by atoms with Gasteiger partial charge in [-0.15, -0.1) is 0 Å². The van der Waals surface area contributed by atoms with Crippen LogP contribution in [0.3, 0.4) is 0 Å². The monoisotopic (exact) mass is 514 g/mol. The molecule has 0 saturated carbocycles. The fraction of sp³-hybridized carbons (Fsp3) is 0.200. The Morgan fingerprint density at radius 2 is 1.62 bits per heavy atom. The van der Waals surface area contributed by atoms with Crippen LogP contribution in [0.5, 0.6) is 5.75 Å². The van der Waals surface area contributed by atoms with E-state index in [0.717, 1.165) is 15.6 Å². The highest BCUT2D eigenvalue weighted by Crippen LogP contribution is 2.19. The molecule has 1 atom stereocenters. The summed E-state index contributed by atoms with van der Waals surface area (Å²) in [6.45, 7) is 0.0848. The van der Waals surface area contributed by atoms with Crippen LogP contribution in [-0.4, -0.2) is 36.4 Å². The largest absolute Gasteiger partial charge is 0.484 e. The van der Waals surface area contributed by atoms with Gasteiger partial charge in [-0.2, -0.15) is 0 Å². The predicted molar refractivity (Wildman–Crippen MR) is 130 cm³/mol. The van der Waals surface area contributed by atoms with Crippen LogP contribution in [0, 0.1) is 0 Å². The first-order chi connectivity index (χ1) is 15.5. The van der Waals surface area contributed by atoms with Crippen LogP contribution >= 0.6 is 27.5 Å². The van der Waals surface area contributed by atoms with Crippen LogP contribution in [0.2, 0.25) is 5.02 Å². The van der Waals surface area contributed by atoms with Gasteiger partial charge in [0.15, 0.2) is 6.61 Å². The lowest BCUT2D eigenvalue weighted by molar-refractivity contribution is -0.142. The van der Waals surface area contributed by atoms with Gasteiger partial charge in [0, 0.05) is 29.5 Å². The second-order valence-electron chi connectivity index (χ2n) is 7.21. The number of likely N-dealkylation sites (N-methyl/N-ethyl adjacent to an activating group) is 1. The van der Waals surface area contributed by atoms with Crippen molar-refractivity contribution < 1.29 is 14.3 Å². The SMILES string of the molecule is CNC(=O)[C@H](Cc1ccccc1)N(Cc1ccc(Br)cc1)C(=O)COc1ccc(Cl)cc1. The molecule has 0 heterocycles. The molecule has 0 saturated heterocycles. The highest BCUT2D eigenvalue weighted by atomic mass is 79.9. The van der Waals surface area contributed by atoms with Gasteiger partial charge in [0.25, 0.3) is 5.91 Å². The third-order valence-electron chi connectivity index (χ3n) is 4.96. The van der Waals surface area contributed by atoms with Crippen molar-refractivity contribution in [1.29, 1.82) is 0 Å². The lowest BCUT2D eigenvalue weighted by Crippen LogP contribution is -2.51. The minimum atomic E-state index is -0.688. The third kappa shape index (κ3) is 6.84. The molecule has 0 radical (unpaired) electrons. The molecule has 3 aromatic carbocycles. The van der Waals surface area contributed by atoms with Gasteiger partial charge in [0.2, 0.25) is 5.91 Å². The number of rotatable bonds is 9. The zero-order chi connectivity index (χ0) is 22.9. The zero-order valence-electron chi connectivity index (χ0n) is 17.6. The molecule has 7 heteroatoms. The molecule has 2 amide bonds. The second kappa shape index (κ2) is 11.7. The van der Waals surface area contributed by atoms with Crippen molar-refractivity contribution in [3.8, 4) is 5.75 Å². The van der Waals surface area contributed by atoms with Gasteiger partial charge in [-0.3, -0.25) is 9.59 Å². The number of benzene rings is 3. The Labute approximate surface area is 201 Å². The Morgan fingerprint density at radius 1 is 0.969 bits per heavy atom. The van der Waals surface area contributed by atoms with Crippen molar-refractivity contribution >= 4 is 39.3 Å². The van der Waals surface area contributed by atoms with Crippen LogP contribution < -0.4 is 10.1 Å². The van der Waals surface area contributed by atoms with E-state index in [2.05, 4.69) is 21.2 Å². The smallest absolute Gasteiger partial charge is 0.261 e. The molecule has 0 aliphatic carbocycles. The standard InChI is InChI=1S/C25H24BrClN2O3/c1-28-25(31)23(15-18-5-3-2-4-6-18)29(16-19-7-9-20(26)10-8-19)24(30)17-32-22-13-11-21(27)12-14-22/h2-14,23H,15-17H2,1H3,(H,28,31)/t23-/m0/s1. The molecule has 0 aliphatic heterocycles. The molecule has 32 heavy (non-hydrogen) atoms. The van der Waals surface area contributed by atoms with Gasteiger partial charge in [0.1, 0.15) is 11.8 Å². The molecule has 1 N–H and O–H groups in total. The van der Waals surface area contributed by atoms with E-state index in [1.807, 2.05) is 54.6 Å². The summed E-state index contributed by atoms with van der Waals surface area (Å²) in [5, 5.41) is 3.29. The molecule has 166 valence electrons. The number of amides is 2.